The zero-order valence-corrected chi connectivity index (χ0v) is 11.2. The molecule has 9 heteroatoms. The topological polar surface area (TPSA) is 102 Å². The number of aromatic hydroxyl groups is 1. The predicted octanol–water partition coefficient (Wildman–Crippen LogP) is 2.27. The highest BCUT2D eigenvalue weighted by Crippen LogP contribution is 2.37. The smallest absolute Gasteiger partial charge is 0.407 e. The van der Waals surface area contributed by atoms with E-state index in [4.69, 9.17) is 0 Å². The molecule has 0 aromatic heterocycles. The van der Waals surface area contributed by atoms with Crippen LogP contribution in [0.2, 0.25) is 0 Å². The molecule has 0 bridgehead atoms. The molecule has 1 aliphatic rings. The van der Waals surface area contributed by atoms with Crippen LogP contribution in [0, 0.1) is 10.1 Å². The molecule has 0 saturated carbocycles. The summed E-state index contributed by atoms with van der Waals surface area (Å²) in [6.45, 7) is 0.0278. The number of nitro groups is 1. The maximum absolute atomic E-state index is 10.9. The van der Waals surface area contributed by atoms with Gasteiger partial charge in [-0.2, -0.15) is 0 Å². The Morgan fingerprint density at radius 2 is 2.22 bits per heavy atom. The Morgan fingerprint density at radius 3 is 2.72 bits per heavy atom. The van der Waals surface area contributed by atoms with Gasteiger partial charge in [-0.25, -0.2) is 4.79 Å². The third kappa shape index (κ3) is 2.65. The normalized spacial score (nSPS) is 17.6. The maximum atomic E-state index is 10.9. The van der Waals surface area contributed by atoms with Crippen LogP contribution in [-0.4, -0.2) is 22.7 Å². The lowest BCUT2D eigenvalue weighted by Crippen LogP contribution is -2.18. The van der Waals surface area contributed by atoms with E-state index in [1.165, 1.54) is 12.1 Å². The van der Waals surface area contributed by atoms with E-state index in [0.29, 0.717) is 0 Å². The van der Waals surface area contributed by atoms with Crippen LogP contribution < -0.4 is 5.32 Å². The first-order chi connectivity index (χ1) is 7.99. The zero-order valence-electron chi connectivity index (χ0n) is 8.75. The van der Waals surface area contributed by atoms with Gasteiger partial charge < -0.3 is 15.2 Å². The highest BCUT2D eigenvalue weighted by atomic mass is 79.9. The van der Waals surface area contributed by atoms with Gasteiger partial charge in [-0.3, -0.25) is 10.1 Å². The van der Waals surface area contributed by atoms with Crippen molar-refractivity contribution in [2.24, 2.45) is 0 Å². The number of hydrogen-bond acceptors (Lipinski definition) is 5. The van der Waals surface area contributed by atoms with E-state index < -0.39 is 17.1 Å². The maximum Gasteiger partial charge on any atom is 0.407 e. The molecule has 1 atom stereocenters. The second-order valence-corrected chi connectivity index (χ2v) is 4.27. The number of nitrogens with one attached hydrogen (secondary N) is 1. The van der Waals surface area contributed by atoms with E-state index in [-0.39, 0.29) is 40.5 Å². The molecule has 98 valence electrons. The molecule has 1 amide bonds. The average Bonchev–Trinajstić information content (AvgIpc) is 2.68. The molecule has 7 nitrogen and oxygen atoms in total. The molecule has 1 aliphatic heterocycles. The van der Waals surface area contributed by atoms with Crippen molar-refractivity contribution in [3.8, 4) is 5.75 Å². The minimum atomic E-state index is -0.614. The number of alkyl carbamates (subject to hydrolysis) is 1. The fraction of sp³-hybridized carbons (Fsp3) is 0.222. The number of benzene rings is 1. The minimum absolute atomic E-state index is 0. The minimum Gasteiger partial charge on any atom is -0.506 e. The number of hydrogen-bond donors (Lipinski definition) is 2. The standard InChI is InChI=1S/C9H7BrN2O5.ClH/c10-6-2-4(12(15)16)1-5(8(6)13)7-3-17-9(14)11-7;/h1-2,7,13H,3H2,(H,11,14);1H/t7-;/m0./s1. The van der Waals surface area contributed by atoms with Crippen LogP contribution in [0.3, 0.4) is 0 Å². The van der Waals surface area contributed by atoms with Crippen molar-refractivity contribution in [1.29, 1.82) is 0 Å². The van der Waals surface area contributed by atoms with Crippen LogP contribution >= 0.6 is 28.3 Å². The molecule has 1 fully saturated rings. The first kappa shape index (κ1) is 14.5. The number of cyclic esters (lactones) is 1. The number of halogens is 2. The summed E-state index contributed by atoms with van der Waals surface area (Å²) < 4.78 is 4.87. The van der Waals surface area contributed by atoms with Crippen LogP contribution in [0.15, 0.2) is 16.6 Å². The van der Waals surface area contributed by atoms with Crippen LogP contribution in [-0.2, 0) is 4.74 Å². The van der Waals surface area contributed by atoms with E-state index in [2.05, 4.69) is 26.0 Å². The van der Waals surface area contributed by atoms with E-state index in [1.54, 1.807) is 0 Å². The third-order valence-electron chi connectivity index (χ3n) is 2.34. The number of nitrogens with zero attached hydrogens (tertiary/aromatic N) is 1. The molecule has 0 unspecified atom stereocenters. The Morgan fingerprint density at radius 1 is 1.56 bits per heavy atom. The fourth-order valence-electron chi connectivity index (χ4n) is 1.53. The molecule has 1 saturated heterocycles. The van der Waals surface area contributed by atoms with E-state index in [0.717, 1.165) is 0 Å². The molecule has 1 aromatic rings. The van der Waals surface area contributed by atoms with Crippen molar-refractivity contribution >= 4 is 40.1 Å². The van der Waals surface area contributed by atoms with Gasteiger partial charge in [-0.1, -0.05) is 0 Å². The Labute approximate surface area is 116 Å². The Hall–Kier alpha value is -1.54. The van der Waals surface area contributed by atoms with Gasteiger partial charge in [0.05, 0.1) is 15.4 Å². The summed E-state index contributed by atoms with van der Waals surface area (Å²) in [5.41, 5.74) is 0.0720. The van der Waals surface area contributed by atoms with Gasteiger partial charge in [0.1, 0.15) is 12.4 Å². The number of carbonyl (C=O) groups excluding carboxylic acids is 1. The molecule has 2 N–H and O–H groups in total. The van der Waals surface area contributed by atoms with Gasteiger partial charge >= 0.3 is 6.09 Å². The predicted molar refractivity (Wildman–Crippen MR) is 66.9 cm³/mol. The third-order valence-corrected chi connectivity index (χ3v) is 2.94. The summed E-state index contributed by atoms with van der Waals surface area (Å²) in [7, 11) is 0. The van der Waals surface area contributed by atoms with Crippen LogP contribution in [0.4, 0.5) is 10.5 Å². The monoisotopic (exact) mass is 338 g/mol. The highest BCUT2D eigenvalue weighted by Gasteiger charge is 2.28. The van der Waals surface area contributed by atoms with Crippen LogP contribution in [0.5, 0.6) is 5.75 Å². The Balaban J connectivity index is 0.00000162. The summed E-state index contributed by atoms with van der Waals surface area (Å²) in [5, 5.41) is 22.9. The quantitative estimate of drug-likeness (QED) is 0.635. The number of amides is 1. The van der Waals surface area contributed by atoms with Crippen molar-refractivity contribution < 1.29 is 19.6 Å². The van der Waals surface area contributed by atoms with Crippen molar-refractivity contribution in [1.82, 2.24) is 5.32 Å². The largest absolute Gasteiger partial charge is 0.506 e. The van der Waals surface area contributed by atoms with Crippen LogP contribution in [0.1, 0.15) is 11.6 Å². The van der Waals surface area contributed by atoms with Gasteiger partial charge in [-0.05, 0) is 15.9 Å². The van der Waals surface area contributed by atoms with Gasteiger partial charge in [-0.15, -0.1) is 12.4 Å². The number of rotatable bonds is 2. The molecular weight excluding hydrogens is 331 g/mol. The van der Waals surface area contributed by atoms with Crippen LogP contribution in [0.25, 0.3) is 0 Å². The van der Waals surface area contributed by atoms with E-state index >= 15 is 0 Å². The molecule has 2 rings (SSSR count). The summed E-state index contributed by atoms with van der Waals surface area (Å²) in [6.07, 6.45) is -0.614. The molecular formula is C9H8BrClN2O5. The first-order valence-electron chi connectivity index (χ1n) is 4.59. The number of carbonyl (C=O) groups is 1. The van der Waals surface area contributed by atoms with Gasteiger partial charge in [0.2, 0.25) is 0 Å². The summed E-state index contributed by atoms with van der Waals surface area (Å²) in [5.74, 6) is -0.147. The van der Waals surface area contributed by atoms with E-state index in [1.807, 2.05) is 0 Å². The van der Waals surface area contributed by atoms with Crippen molar-refractivity contribution in [2.45, 2.75) is 6.04 Å². The second-order valence-electron chi connectivity index (χ2n) is 3.42. The number of phenolic OH excluding ortho intramolecular Hbond substituents is 1. The van der Waals surface area contributed by atoms with Crippen molar-refractivity contribution in [3.63, 3.8) is 0 Å². The van der Waals surface area contributed by atoms with E-state index in [9.17, 15) is 20.0 Å². The Bertz CT molecular complexity index is 510. The number of phenols is 1. The van der Waals surface area contributed by atoms with Gasteiger partial charge in [0.15, 0.2) is 0 Å². The first-order valence-corrected chi connectivity index (χ1v) is 5.38. The lowest BCUT2D eigenvalue weighted by molar-refractivity contribution is -0.385. The van der Waals surface area contributed by atoms with Gasteiger partial charge in [0, 0.05) is 17.7 Å². The fourth-order valence-corrected chi connectivity index (χ4v) is 1.99. The van der Waals surface area contributed by atoms with Crippen molar-refractivity contribution in [2.75, 3.05) is 6.61 Å². The summed E-state index contributed by atoms with van der Waals surface area (Å²) in [4.78, 5) is 21.0. The van der Waals surface area contributed by atoms with Gasteiger partial charge in [0.25, 0.3) is 5.69 Å². The number of non-ortho nitro benzene ring substituents is 1. The molecule has 0 aliphatic carbocycles. The number of nitro benzene ring substituents is 1. The lowest BCUT2D eigenvalue weighted by Gasteiger charge is -2.10. The molecule has 1 aromatic carbocycles. The summed E-state index contributed by atoms with van der Waals surface area (Å²) in [6, 6.07) is 1.81. The number of ether oxygens (including phenoxy) is 1. The summed E-state index contributed by atoms with van der Waals surface area (Å²) >= 11 is 3.02. The lowest BCUT2D eigenvalue weighted by atomic mass is 10.1. The zero-order chi connectivity index (χ0) is 12.6. The molecule has 0 spiro atoms. The average molecular weight is 340 g/mol. The Kier molecular flexibility index (Phi) is 4.36. The molecule has 1 heterocycles. The van der Waals surface area contributed by atoms with Crippen molar-refractivity contribution in [3.05, 3.63) is 32.3 Å². The second kappa shape index (κ2) is 5.40. The molecule has 18 heavy (non-hydrogen) atoms. The SMILES string of the molecule is Cl.O=C1N[C@H](c2cc([N+](=O)[O-])cc(Br)c2O)CO1. The molecule has 0 radical (unpaired) electrons. The highest BCUT2D eigenvalue weighted by molar-refractivity contribution is 9.10.